The number of alkyl halides is 3. The normalized spacial score (nSPS) is 11.4. The van der Waals surface area contributed by atoms with E-state index in [4.69, 9.17) is 32.7 Å². The number of rotatable bonds is 8. The lowest BCUT2D eigenvalue weighted by molar-refractivity contribution is -0.141. The molecule has 0 radical (unpaired) electrons. The van der Waals surface area contributed by atoms with Gasteiger partial charge in [0.05, 0.1) is 15.7 Å². The van der Waals surface area contributed by atoms with Gasteiger partial charge in [-0.2, -0.15) is 18.3 Å². The lowest BCUT2D eigenvalue weighted by Crippen LogP contribution is -2.09. The molecule has 204 valence electrons. The summed E-state index contributed by atoms with van der Waals surface area (Å²) in [7, 11) is 0. The second-order valence-electron chi connectivity index (χ2n) is 8.73. The molecule has 0 aliphatic rings. The van der Waals surface area contributed by atoms with Crippen molar-refractivity contribution in [2.45, 2.75) is 19.4 Å². The standard InChI is InChI=1S/C30H20Cl2F4N2O2/c31-25-7-4-8-26(32)29(25)38-21(15-28(37-38)30(34,35)36)18-40-22-11-9-20(10-12-22)24-14-13-23(16-27(24)33)39-17-19-5-2-1-3-6-19/h1-16H,17-18H2. The molecule has 0 fully saturated rings. The van der Waals surface area contributed by atoms with Crippen LogP contribution in [0.2, 0.25) is 10.0 Å². The van der Waals surface area contributed by atoms with Crippen LogP contribution in [0.5, 0.6) is 11.5 Å². The van der Waals surface area contributed by atoms with Crippen molar-refractivity contribution < 1.29 is 27.0 Å². The molecular formula is C30H20Cl2F4N2O2. The van der Waals surface area contributed by atoms with E-state index in [2.05, 4.69) is 5.10 Å². The summed E-state index contributed by atoms with van der Waals surface area (Å²) >= 11 is 12.4. The van der Waals surface area contributed by atoms with Gasteiger partial charge in [0.25, 0.3) is 0 Å². The summed E-state index contributed by atoms with van der Waals surface area (Å²) in [5.41, 5.74) is 1.01. The van der Waals surface area contributed by atoms with Crippen LogP contribution in [0.15, 0.2) is 97.1 Å². The van der Waals surface area contributed by atoms with Crippen LogP contribution >= 0.6 is 23.2 Å². The Morgan fingerprint density at radius 2 is 1.38 bits per heavy atom. The van der Waals surface area contributed by atoms with Gasteiger partial charge >= 0.3 is 6.18 Å². The van der Waals surface area contributed by atoms with Crippen LogP contribution in [0.25, 0.3) is 16.8 Å². The fourth-order valence-electron chi connectivity index (χ4n) is 3.99. The van der Waals surface area contributed by atoms with Gasteiger partial charge in [-0.15, -0.1) is 0 Å². The van der Waals surface area contributed by atoms with Crippen molar-refractivity contribution in [2.24, 2.45) is 0 Å². The van der Waals surface area contributed by atoms with Crippen LogP contribution in [-0.4, -0.2) is 9.78 Å². The predicted octanol–water partition coefficient (Wildman–Crippen LogP) is 9.16. The van der Waals surface area contributed by atoms with E-state index in [0.29, 0.717) is 29.2 Å². The molecule has 0 atom stereocenters. The van der Waals surface area contributed by atoms with Gasteiger partial charge in [-0.25, -0.2) is 9.07 Å². The van der Waals surface area contributed by atoms with E-state index in [9.17, 15) is 17.6 Å². The highest BCUT2D eigenvalue weighted by Crippen LogP contribution is 2.34. The summed E-state index contributed by atoms with van der Waals surface area (Å²) in [5, 5.41) is 3.94. The van der Waals surface area contributed by atoms with Gasteiger partial charge < -0.3 is 9.47 Å². The average molecular weight is 587 g/mol. The Labute approximate surface area is 237 Å². The summed E-state index contributed by atoms with van der Waals surface area (Å²) in [4.78, 5) is 0. The highest BCUT2D eigenvalue weighted by molar-refractivity contribution is 6.37. The molecule has 0 spiro atoms. The molecule has 1 heterocycles. The molecule has 5 rings (SSSR count). The van der Waals surface area contributed by atoms with E-state index in [1.165, 1.54) is 18.2 Å². The predicted molar refractivity (Wildman–Crippen MR) is 146 cm³/mol. The first-order chi connectivity index (χ1) is 19.2. The molecule has 0 aliphatic heterocycles. The molecule has 40 heavy (non-hydrogen) atoms. The second-order valence-corrected chi connectivity index (χ2v) is 9.54. The molecule has 0 amide bonds. The lowest BCUT2D eigenvalue weighted by Gasteiger charge is -2.12. The van der Waals surface area contributed by atoms with Crippen molar-refractivity contribution >= 4 is 23.2 Å². The maximum absolute atomic E-state index is 14.9. The molecule has 0 saturated carbocycles. The number of hydrogen-bond donors (Lipinski definition) is 0. The fraction of sp³-hybridized carbons (Fsp3) is 0.100. The molecule has 10 heteroatoms. The minimum atomic E-state index is -4.68. The number of nitrogens with zero attached hydrogens (tertiary/aromatic N) is 2. The van der Waals surface area contributed by atoms with E-state index >= 15 is 0 Å². The van der Waals surface area contributed by atoms with E-state index in [1.54, 1.807) is 42.5 Å². The number of benzene rings is 4. The monoisotopic (exact) mass is 586 g/mol. The van der Waals surface area contributed by atoms with Gasteiger partial charge in [0, 0.05) is 11.6 Å². The first kappa shape index (κ1) is 27.6. The highest BCUT2D eigenvalue weighted by atomic mass is 35.5. The minimum absolute atomic E-state index is 0.0866. The average Bonchev–Trinajstić information content (AvgIpc) is 3.36. The van der Waals surface area contributed by atoms with Crippen molar-refractivity contribution in [3.8, 4) is 28.3 Å². The molecule has 0 N–H and O–H groups in total. The molecule has 0 aliphatic carbocycles. The number of aromatic nitrogens is 2. The first-order valence-electron chi connectivity index (χ1n) is 12.0. The number of hydrogen-bond acceptors (Lipinski definition) is 3. The SMILES string of the molecule is Fc1cc(OCc2ccccc2)ccc1-c1ccc(OCc2cc(C(F)(F)F)nn2-c2c(Cl)cccc2Cl)cc1. The third-order valence-corrected chi connectivity index (χ3v) is 6.57. The van der Waals surface area contributed by atoms with Crippen molar-refractivity contribution in [1.82, 2.24) is 9.78 Å². The quantitative estimate of drug-likeness (QED) is 0.170. The molecule has 1 aromatic heterocycles. The summed E-state index contributed by atoms with van der Waals surface area (Å²) in [6, 6.07) is 26.1. The lowest BCUT2D eigenvalue weighted by atomic mass is 10.0. The first-order valence-corrected chi connectivity index (χ1v) is 12.7. The van der Waals surface area contributed by atoms with Crippen LogP contribution in [0.1, 0.15) is 17.0 Å². The van der Waals surface area contributed by atoms with Crippen molar-refractivity contribution in [3.05, 3.63) is 130 Å². The molecule has 4 aromatic carbocycles. The van der Waals surface area contributed by atoms with Crippen LogP contribution in [0.4, 0.5) is 17.6 Å². The fourth-order valence-corrected chi connectivity index (χ4v) is 4.55. The zero-order valence-corrected chi connectivity index (χ0v) is 22.1. The molecule has 0 saturated heterocycles. The number of halogens is 6. The Bertz CT molecular complexity index is 1600. The zero-order chi connectivity index (χ0) is 28.3. The summed E-state index contributed by atoms with van der Waals surface area (Å²) in [6.07, 6.45) is -4.68. The summed E-state index contributed by atoms with van der Waals surface area (Å²) in [6.45, 7) is 0.0590. The molecular weight excluding hydrogens is 567 g/mol. The Morgan fingerprint density at radius 3 is 2.02 bits per heavy atom. The number of para-hydroxylation sites is 1. The smallest absolute Gasteiger partial charge is 0.435 e. The van der Waals surface area contributed by atoms with Gasteiger partial charge in [0.1, 0.15) is 36.2 Å². The zero-order valence-electron chi connectivity index (χ0n) is 20.6. The largest absolute Gasteiger partial charge is 0.489 e. The second kappa shape index (κ2) is 11.6. The van der Waals surface area contributed by atoms with Gasteiger partial charge in [0.15, 0.2) is 5.69 Å². The maximum Gasteiger partial charge on any atom is 0.435 e. The van der Waals surface area contributed by atoms with Crippen molar-refractivity contribution in [3.63, 3.8) is 0 Å². The highest BCUT2D eigenvalue weighted by Gasteiger charge is 2.35. The van der Waals surface area contributed by atoms with Crippen molar-refractivity contribution in [2.75, 3.05) is 0 Å². The van der Waals surface area contributed by atoms with Crippen LogP contribution in [0.3, 0.4) is 0 Å². The van der Waals surface area contributed by atoms with Crippen molar-refractivity contribution in [1.29, 1.82) is 0 Å². The van der Waals surface area contributed by atoms with E-state index in [1.807, 2.05) is 30.3 Å². The number of ether oxygens (including phenoxy) is 2. The molecule has 4 nitrogen and oxygen atoms in total. The topological polar surface area (TPSA) is 36.3 Å². The van der Waals surface area contributed by atoms with Gasteiger partial charge in [-0.3, -0.25) is 0 Å². The summed E-state index contributed by atoms with van der Waals surface area (Å²) < 4.78 is 67.6. The van der Waals surface area contributed by atoms with Crippen LogP contribution in [-0.2, 0) is 19.4 Å². The third-order valence-electron chi connectivity index (χ3n) is 5.96. The maximum atomic E-state index is 14.9. The molecule has 0 bridgehead atoms. The van der Waals surface area contributed by atoms with Gasteiger partial charge in [-0.05, 0) is 53.6 Å². The Kier molecular flexibility index (Phi) is 8.00. The molecule has 5 aromatic rings. The van der Waals surface area contributed by atoms with Crippen LogP contribution < -0.4 is 9.47 Å². The Morgan fingerprint density at radius 1 is 0.725 bits per heavy atom. The van der Waals surface area contributed by atoms with Crippen LogP contribution in [0, 0.1) is 5.82 Å². The third kappa shape index (κ3) is 6.24. The minimum Gasteiger partial charge on any atom is -0.489 e. The van der Waals surface area contributed by atoms with E-state index in [0.717, 1.165) is 16.3 Å². The Balaban J connectivity index is 1.31. The van der Waals surface area contributed by atoms with E-state index < -0.39 is 17.7 Å². The summed E-state index contributed by atoms with van der Waals surface area (Å²) in [5.74, 6) is 0.302. The Hall–Kier alpha value is -4.01. The van der Waals surface area contributed by atoms with Gasteiger partial charge in [0.2, 0.25) is 0 Å². The van der Waals surface area contributed by atoms with Gasteiger partial charge in [-0.1, -0.05) is 71.7 Å². The van der Waals surface area contributed by atoms with E-state index in [-0.39, 0.29) is 28.0 Å². The molecule has 0 unspecified atom stereocenters.